The third-order valence-electron chi connectivity index (χ3n) is 8.37. The molecule has 0 aliphatic carbocycles. The number of aliphatic hydroxyl groups is 1. The van der Waals surface area contributed by atoms with Crippen LogP contribution in [-0.4, -0.2) is 75.3 Å². The van der Waals surface area contributed by atoms with Crippen LogP contribution in [0.2, 0.25) is 0 Å². The lowest BCUT2D eigenvalue weighted by Gasteiger charge is -2.35. The molecule has 0 saturated heterocycles. The zero-order valence-electron chi connectivity index (χ0n) is 24.7. The number of nitrogens with zero attached hydrogens (tertiary/aromatic N) is 3. The molecule has 0 unspecified atom stereocenters. The number of aryl methyl sites for hydroxylation is 1. The smallest absolute Gasteiger partial charge is 0.335 e. The van der Waals surface area contributed by atoms with E-state index in [1.165, 1.54) is 0 Å². The van der Waals surface area contributed by atoms with E-state index in [4.69, 9.17) is 4.74 Å². The number of amides is 1. The molecule has 2 N–H and O–H groups in total. The first kappa shape index (κ1) is 29.5. The van der Waals surface area contributed by atoms with Crippen molar-refractivity contribution in [2.24, 2.45) is 13.0 Å². The number of para-hydroxylation sites is 1. The van der Waals surface area contributed by atoms with Crippen LogP contribution in [0.25, 0.3) is 22.0 Å². The number of aliphatic hydroxyl groups excluding tert-OH is 1. The second-order valence-electron chi connectivity index (χ2n) is 11.5. The number of likely N-dealkylation sites (N-methyl/N-ethyl adjacent to an activating group) is 1. The van der Waals surface area contributed by atoms with Gasteiger partial charge >= 0.3 is 5.97 Å². The topological polar surface area (TPSA) is 95.2 Å². The van der Waals surface area contributed by atoms with Crippen molar-refractivity contribution in [2.45, 2.75) is 39.1 Å². The van der Waals surface area contributed by atoms with Gasteiger partial charge in [-0.2, -0.15) is 0 Å². The summed E-state index contributed by atoms with van der Waals surface area (Å²) in [7, 11) is 3.95. The summed E-state index contributed by atoms with van der Waals surface area (Å²) >= 11 is 0. The fourth-order valence-electron chi connectivity index (χ4n) is 5.96. The number of benzene rings is 3. The van der Waals surface area contributed by atoms with Crippen molar-refractivity contribution in [1.29, 1.82) is 0 Å². The summed E-state index contributed by atoms with van der Waals surface area (Å²) in [5.74, 6) is -1.09. The maximum atomic E-state index is 14.5. The van der Waals surface area contributed by atoms with Gasteiger partial charge in [0.2, 0.25) is 0 Å². The molecule has 8 heteroatoms. The lowest BCUT2D eigenvalue weighted by atomic mass is 9.96. The Bertz CT molecular complexity index is 1580. The number of rotatable bonds is 7. The van der Waals surface area contributed by atoms with Crippen molar-refractivity contribution < 1.29 is 24.5 Å². The molecular weight excluding hydrogens is 530 g/mol. The Morgan fingerprint density at radius 1 is 1.07 bits per heavy atom. The van der Waals surface area contributed by atoms with E-state index in [0.717, 1.165) is 33.2 Å². The van der Waals surface area contributed by atoms with E-state index >= 15 is 0 Å². The van der Waals surface area contributed by atoms with Crippen molar-refractivity contribution in [3.05, 3.63) is 95.2 Å². The molecule has 3 aromatic carbocycles. The number of ether oxygens (including phenoxy) is 1. The van der Waals surface area contributed by atoms with Gasteiger partial charge in [0.25, 0.3) is 5.91 Å². The lowest BCUT2D eigenvalue weighted by molar-refractivity contribution is -0.0242. The minimum absolute atomic E-state index is 0.0387. The highest BCUT2D eigenvalue weighted by atomic mass is 16.5. The first-order valence-electron chi connectivity index (χ1n) is 14.4. The van der Waals surface area contributed by atoms with Crippen LogP contribution in [0.4, 0.5) is 0 Å². The highest BCUT2D eigenvalue weighted by molar-refractivity contribution is 6.10. The Labute approximate surface area is 246 Å². The van der Waals surface area contributed by atoms with Crippen LogP contribution in [0, 0.1) is 5.92 Å². The summed E-state index contributed by atoms with van der Waals surface area (Å²) in [4.78, 5) is 29.7. The average Bonchev–Trinajstić information content (AvgIpc) is 3.28. The minimum atomic E-state index is -0.943. The van der Waals surface area contributed by atoms with E-state index in [1.54, 1.807) is 17.0 Å². The van der Waals surface area contributed by atoms with Crippen LogP contribution in [0.15, 0.2) is 72.8 Å². The van der Waals surface area contributed by atoms with Crippen LogP contribution < -0.4 is 0 Å². The van der Waals surface area contributed by atoms with Crippen molar-refractivity contribution in [2.75, 3.05) is 26.7 Å². The predicted octanol–water partition coefficient (Wildman–Crippen LogP) is 5.03. The maximum Gasteiger partial charge on any atom is 0.335 e. The van der Waals surface area contributed by atoms with Gasteiger partial charge < -0.3 is 24.4 Å². The summed E-state index contributed by atoms with van der Waals surface area (Å²) in [6, 6.07) is 22.7. The molecule has 0 fully saturated rings. The van der Waals surface area contributed by atoms with Gasteiger partial charge in [-0.3, -0.25) is 9.69 Å². The zero-order chi connectivity index (χ0) is 30.0. The minimum Gasteiger partial charge on any atom is -0.478 e. The van der Waals surface area contributed by atoms with Gasteiger partial charge in [0, 0.05) is 49.1 Å². The molecule has 1 amide bonds. The Balaban J connectivity index is 1.52. The van der Waals surface area contributed by atoms with Gasteiger partial charge in [0.05, 0.1) is 30.9 Å². The molecule has 3 atom stereocenters. The van der Waals surface area contributed by atoms with Crippen LogP contribution >= 0.6 is 0 Å². The van der Waals surface area contributed by atoms with Gasteiger partial charge in [-0.05, 0) is 48.9 Å². The summed E-state index contributed by atoms with van der Waals surface area (Å²) in [6.45, 7) is 5.86. The number of fused-ring (bicyclic) bond motifs is 5. The van der Waals surface area contributed by atoms with E-state index in [9.17, 15) is 19.8 Å². The first-order chi connectivity index (χ1) is 20.2. The van der Waals surface area contributed by atoms with E-state index in [0.29, 0.717) is 31.9 Å². The predicted molar refractivity (Wildman–Crippen MR) is 163 cm³/mol. The first-order valence-corrected chi connectivity index (χ1v) is 14.4. The number of aromatic nitrogens is 1. The van der Waals surface area contributed by atoms with Crippen LogP contribution in [0.1, 0.15) is 45.8 Å². The van der Waals surface area contributed by atoms with E-state index in [2.05, 4.69) is 30.0 Å². The van der Waals surface area contributed by atoms with Gasteiger partial charge in [0.15, 0.2) is 0 Å². The molecule has 2 heterocycles. The molecule has 8 nitrogen and oxygen atoms in total. The number of carboxylic acid groups (broad SMARTS) is 1. The number of carboxylic acids is 1. The molecule has 220 valence electrons. The van der Waals surface area contributed by atoms with Crippen molar-refractivity contribution in [1.82, 2.24) is 14.4 Å². The average molecular weight is 570 g/mol. The Kier molecular flexibility index (Phi) is 8.77. The second-order valence-corrected chi connectivity index (χ2v) is 11.5. The normalized spacial score (nSPS) is 18.4. The third-order valence-corrected chi connectivity index (χ3v) is 8.37. The molecule has 1 aliphatic heterocycles. The second kappa shape index (κ2) is 12.5. The van der Waals surface area contributed by atoms with E-state index < -0.39 is 5.97 Å². The summed E-state index contributed by atoms with van der Waals surface area (Å²) in [5, 5.41) is 20.4. The Morgan fingerprint density at radius 3 is 2.48 bits per heavy atom. The highest BCUT2D eigenvalue weighted by Crippen LogP contribution is 2.38. The van der Waals surface area contributed by atoms with E-state index in [1.807, 2.05) is 68.1 Å². The van der Waals surface area contributed by atoms with Crippen LogP contribution in [0.5, 0.6) is 0 Å². The van der Waals surface area contributed by atoms with Gasteiger partial charge in [-0.1, -0.05) is 61.5 Å². The number of aromatic carboxylic acids is 1. The molecule has 5 rings (SSSR count). The number of carbonyl (C=O) groups excluding carboxylic acids is 1. The lowest BCUT2D eigenvalue weighted by Crippen LogP contribution is -2.47. The summed E-state index contributed by atoms with van der Waals surface area (Å²) in [6.07, 6.45) is -0.208. The Morgan fingerprint density at radius 2 is 1.76 bits per heavy atom. The number of hydrogen-bond donors (Lipinski definition) is 2. The third kappa shape index (κ3) is 5.83. The molecule has 0 radical (unpaired) electrons. The molecular formula is C34H39N3O5. The molecule has 0 bridgehead atoms. The van der Waals surface area contributed by atoms with Crippen molar-refractivity contribution in [3.8, 4) is 11.1 Å². The van der Waals surface area contributed by atoms with Crippen molar-refractivity contribution >= 4 is 22.8 Å². The molecule has 1 aromatic heterocycles. The van der Waals surface area contributed by atoms with Crippen LogP contribution in [-0.2, 0) is 24.9 Å². The fraction of sp³-hybridized carbons (Fsp3) is 0.353. The fourth-order valence-corrected chi connectivity index (χ4v) is 5.96. The molecule has 0 saturated carbocycles. The molecule has 4 aromatic rings. The maximum absolute atomic E-state index is 14.5. The zero-order valence-corrected chi connectivity index (χ0v) is 24.7. The Hall–Kier alpha value is -3.98. The quantitative estimate of drug-likeness (QED) is 0.324. The standard InChI is InChI=1S/C34H39N3O5/c1-22-17-37(23(2)20-38)33(39)32-31(28-11-7-8-12-29(28)36(32)4)27-10-6-5-9-26(27)21-42-30(22)19-35(3)18-24-13-15-25(16-14-24)34(40)41/h5-16,22-23,30,38H,17-21H2,1-4H3,(H,40,41)/t22-,23-,30+/m1/s1. The molecule has 1 aliphatic rings. The van der Waals surface area contributed by atoms with Gasteiger partial charge in [-0.25, -0.2) is 4.79 Å². The van der Waals surface area contributed by atoms with Crippen molar-refractivity contribution in [3.63, 3.8) is 0 Å². The largest absolute Gasteiger partial charge is 0.478 e. The van der Waals surface area contributed by atoms with Gasteiger partial charge in [0.1, 0.15) is 5.69 Å². The monoisotopic (exact) mass is 569 g/mol. The number of hydrogen-bond acceptors (Lipinski definition) is 5. The van der Waals surface area contributed by atoms with Gasteiger partial charge in [-0.15, -0.1) is 0 Å². The highest BCUT2D eigenvalue weighted by Gasteiger charge is 2.33. The SMILES string of the molecule is C[C@@H]1CN([C@H](C)CO)C(=O)c2c(c3ccccc3n2C)-c2ccccc2CO[C@H]1CN(C)Cc1ccc(C(=O)O)cc1. The number of carbonyl (C=O) groups is 2. The van der Waals surface area contributed by atoms with Crippen LogP contribution in [0.3, 0.4) is 0 Å². The summed E-state index contributed by atoms with van der Waals surface area (Å²) in [5.41, 5.74) is 5.72. The summed E-state index contributed by atoms with van der Waals surface area (Å²) < 4.78 is 8.65. The molecule has 42 heavy (non-hydrogen) atoms. The molecule has 0 spiro atoms. The van der Waals surface area contributed by atoms with E-state index in [-0.39, 0.29) is 36.1 Å².